The number of amides is 2. The highest BCUT2D eigenvalue weighted by molar-refractivity contribution is 5.87. The predicted octanol–water partition coefficient (Wildman–Crippen LogP) is 1.90. The molecular formula is C29H43N5O7. The standard InChI is InChI=1S/C29H43N5O7/c1-16(7-10-24-27(37)29(15-38-29)14-21(40-24)13-26(36)33-30)6-9-23-18(3)12-22(19(4)39-23)32-25(35)11-8-17(2)28-31-20(5)41-34-28/h6-8,10-11,17-19,21-24,27,37H,9,12-15,30H2,1-5H3,(H,32,35)(H,33,36)/b10-7+,11-8-,16-6+/t17-,18-,19+,21+,22+,23-,24+,27+,29+/m0/s1. The quantitative estimate of drug-likeness (QED) is 0.0808. The Bertz CT molecular complexity index is 1160. The molecule has 0 unspecified atom stereocenters. The van der Waals surface area contributed by atoms with Gasteiger partial charge in [-0.2, -0.15) is 4.98 Å². The molecule has 226 valence electrons. The molecule has 5 N–H and O–H groups in total. The number of aliphatic hydroxyl groups excluding tert-OH is 1. The van der Waals surface area contributed by atoms with E-state index < -0.39 is 17.8 Å². The van der Waals surface area contributed by atoms with Crippen LogP contribution in [-0.2, 0) is 23.8 Å². The van der Waals surface area contributed by atoms with Gasteiger partial charge in [-0.05, 0) is 38.7 Å². The zero-order valence-electron chi connectivity index (χ0n) is 24.4. The van der Waals surface area contributed by atoms with Gasteiger partial charge in [-0.25, -0.2) is 5.84 Å². The van der Waals surface area contributed by atoms with E-state index in [9.17, 15) is 14.7 Å². The van der Waals surface area contributed by atoms with E-state index in [1.54, 1.807) is 13.0 Å². The molecule has 0 saturated carbocycles. The second-order valence-corrected chi connectivity index (χ2v) is 11.6. The summed E-state index contributed by atoms with van der Waals surface area (Å²) in [5.74, 6) is 5.85. The molecule has 0 aliphatic carbocycles. The summed E-state index contributed by atoms with van der Waals surface area (Å²) in [6, 6.07) is -0.0951. The van der Waals surface area contributed by atoms with Gasteiger partial charge in [0.15, 0.2) is 5.82 Å². The first-order chi connectivity index (χ1) is 19.5. The fourth-order valence-electron chi connectivity index (χ4n) is 5.45. The average molecular weight is 574 g/mol. The number of ether oxygens (including phenoxy) is 3. The van der Waals surface area contributed by atoms with Crippen molar-refractivity contribution in [3.05, 3.63) is 47.7 Å². The van der Waals surface area contributed by atoms with Gasteiger partial charge in [0.25, 0.3) is 0 Å². The fraction of sp³-hybridized carbons (Fsp3) is 0.655. The van der Waals surface area contributed by atoms with Crippen molar-refractivity contribution in [1.29, 1.82) is 0 Å². The van der Waals surface area contributed by atoms with Gasteiger partial charge in [-0.1, -0.05) is 48.9 Å². The number of nitrogens with one attached hydrogen (secondary N) is 2. The fourth-order valence-corrected chi connectivity index (χ4v) is 5.45. The second-order valence-electron chi connectivity index (χ2n) is 11.6. The highest BCUT2D eigenvalue weighted by Gasteiger charge is 2.58. The van der Waals surface area contributed by atoms with Gasteiger partial charge >= 0.3 is 0 Å². The van der Waals surface area contributed by atoms with Gasteiger partial charge in [-0.15, -0.1) is 0 Å². The monoisotopic (exact) mass is 573 g/mol. The first-order valence-electron chi connectivity index (χ1n) is 14.3. The summed E-state index contributed by atoms with van der Waals surface area (Å²) in [6.07, 6.45) is 9.27. The Morgan fingerprint density at radius 3 is 2.68 bits per heavy atom. The van der Waals surface area contributed by atoms with Crippen LogP contribution in [0.1, 0.15) is 71.0 Å². The third-order valence-electron chi connectivity index (χ3n) is 8.11. The molecule has 12 nitrogen and oxygen atoms in total. The summed E-state index contributed by atoms with van der Waals surface area (Å²) in [7, 11) is 0. The summed E-state index contributed by atoms with van der Waals surface area (Å²) in [6.45, 7) is 10.2. The van der Waals surface area contributed by atoms with E-state index in [1.165, 1.54) is 6.08 Å². The number of epoxide rings is 1. The molecule has 4 heterocycles. The summed E-state index contributed by atoms with van der Waals surface area (Å²) in [5, 5.41) is 17.7. The lowest BCUT2D eigenvalue weighted by molar-refractivity contribution is -0.145. The van der Waals surface area contributed by atoms with Crippen molar-refractivity contribution in [3.63, 3.8) is 0 Å². The molecule has 41 heavy (non-hydrogen) atoms. The summed E-state index contributed by atoms with van der Waals surface area (Å²) < 4.78 is 22.8. The maximum absolute atomic E-state index is 12.6. The Morgan fingerprint density at radius 1 is 1.27 bits per heavy atom. The SMILES string of the molecule is CC(/C=C/[C@H]1O[C@H](CC(=O)NN)C[C@@]2(CO2)[C@@H]1O)=C\C[C@@H]1O[C@H](C)[C@H](NC(=O)/C=C\[C@H](C)c2noc(C)n2)C[C@@H]1C. The van der Waals surface area contributed by atoms with Crippen LogP contribution in [0.4, 0.5) is 0 Å². The predicted molar refractivity (Wildman–Crippen MR) is 149 cm³/mol. The number of aromatic nitrogens is 2. The number of rotatable bonds is 10. The third kappa shape index (κ3) is 8.10. The number of aliphatic hydroxyl groups is 1. The number of nitrogens with zero attached hydrogens (tertiary/aromatic N) is 2. The van der Waals surface area contributed by atoms with E-state index >= 15 is 0 Å². The molecule has 0 aromatic carbocycles. The topological polar surface area (TPSA) is 174 Å². The molecule has 3 saturated heterocycles. The number of aryl methyl sites for hydroxylation is 1. The van der Waals surface area contributed by atoms with Crippen molar-refractivity contribution >= 4 is 11.8 Å². The van der Waals surface area contributed by atoms with E-state index in [1.807, 2.05) is 32.9 Å². The molecule has 3 aliphatic rings. The number of nitrogens with two attached hydrogens (primary N) is 1. The zero-order valence-corrected chi connectivity index (χ0v) is 24.4. The van der Waals surface area contributed by atoms with E-state index in [4.69, 9.17) is 24.6 Å². The molecule has 12 heteroatoms. The molecular weight excluding hydrogens is 530 g/mol. The van der Waals surface area contributed by atoms with Crippen LogP contribution in [0.3, 0.4) is 0 Å². The number of hydrazine groups is 1. The van der Waals surface area contributed by atoms with Crippen LogP contribution in [0.25, 0.3) is 0 Å². The number of hydrogen-bond donors (Lipinski definition) is 4. The normalized spacial score (nSPS) is 34.7. The number of carbonyl (C=O) groups is 2. The van der Waals surface area contributed by atoms with Gasteiger partial charge in [-0.3, -0.25) is 15.0 Å². The van der Waals surface area contributed by atoms with E-state index in [-0.39, 0.29) is 54.4 Å². The maximum atomic E-state index is 12.6. The minimum Gasteiger partial charge on any atom is -0.387 e. The Balaban J connectivity index is 1.26. The molecule has 4 rings (SSSR count). The Morgan fingerprint density at radius 2 is 2.02 bits per heavy atom. The van der Waals surface area contributed by atoms with Crippen LogP contribution >= 0.6 is 0 Å². The van der Waals surface area contributed by atoms with Crippen molar-refractivity contribution in [2.75, 3.05) is 6.61 Å². The summed E-state index contributed by atoms with van der Waals surface area (Å²) in [4.78, 5) is 28.5. The Labute approximate surface area is 240 Å². The smallest absolute Gasteiger partial charge is 0.243 e. The number of allylic oxidation sites excluding steroid dienone is 3. The van der Waals surface area contributed by atoms with Crippen LogP contribution < -0.4 is 16.6 Å². The van der Waals surface area contributed by atoms with Crippen LogP contribution in [0.5, 0.6) is 0 Å². The first kappa shape index (κ1) is 31.0. The lowest BCUT2D eigenvalue weighted by atomic mass is 9.87. The van der Waals surface area contributed by atoms with E-state index in [0.29, 0.717) is 31.2 Å². The molecule has 0 radical (unpaired) electrons. The van der Waals surface area contributed by atoms with E-state index in [2.05, 4.69) is 33.9 Å². The zero-order chi connectivity index (χ0) is 29.7. The highest BCUT2D eigenvalue weighted by Crippen LogP contribution is 2.43. The van der Waals surface area contributed by atoms with E-state index in [0.717, 1.165) is 12.0 Å². The van der Waals surface area contributed by atoms with Crippen molar-refractivity contribution < 1.29 is 33.4 Å². The lowest BCUT2D eigenvalue weighted by Gasteiger charge is -2.39. The second kappa shape index (κ2) is 13.4. The van der Waals surface area contributed by atoms with Gasteiger partial charge in [0.1, 0.15) is 17.8 Å². The van der Waals surface area contributed by atoms with Gasteiger partial charge < -0.3 is 29.2 Å². The molecule has 1 aromatic heterocycles. The molecule has 1 aromatic rings. The molecule has 3 fully saturated rings. The van der Waals surface area contributed by atoms with Crippen molar-refractivity contribution in [1.82, 2.24) is 20.9 Å². The average Bonchev–Trinajstić information content (AvgIpc) is 3.57. The number of hydrogen-bond acceptors (Lipinski definition) is 10. The lowest BCUT2D eigenvalue weighted by Crippen LogP contribution is -2.51. The summed E-state index contributed by atoms with van der Waals surface area (Å²) in [5.41, 5.74) is 2.48. The van der Waals surface area contributed by atoms with Crippen LogP contribution in [0.2, 0.25) is 0 Å². The van der Waals surface area contributed by atoms with Gasteiger partial charge in [0.2, 0.25) is 17.7 Å². The van der Waals surface area contributed by atoms with Gasteiger partial charge in [0, 0.05) is 19.3 Å². The van der Waals surface area contributed by atoms with Crippen molar-refractivity contribution in [3.8, 4) is 0 Å². The Kier molecular flexibility index (Phi) is 10.1. The van der Waals surface area contributed by atoms with Crippen molar-refractivity contribution in [2.45, 2.75) is 108 Å². The highest BCUT2D eigenvalue weighted by atomic mass is 16.6. The minimum atomic E-state index is -0.806. The maximum Gasteiger partial charge on any atom is 0.243 e. The summed E-state index contributed by atoms with van der Waals surface area (Å²) >= 11 is 0. The minimum absolute atomic E-state index is 0.0114. The largest absolute Gasteiger partial charge is 0.387 e. The Hall–Kier alpha value is -2.90. The van der Waals surface area contributed by atoms with Crippen LogP contribution in [-0.4, -0.2) is 75.8 Å². The molecule has 3 aliphatic heterocycles. The van der Waals surface area contributed by atoms with Gasteiger partial charge in [0.05, 0.1) is 37.4 Å². The molecule has 0 bridgehead atoms. The number of carbonyl (C=O) groups excluding carboxylic acids is 2. The van der Waals surface area contributed by atoms with Crippen molar-refractivity contribution in [2.24, 2.45) is 11.8 Å². The molecule has 1 spiro atoms. The third-order valence-corrected chi connectivity index (χ3v) is 8.11. The van der Waals surface area contributed by atoms with Crippen LogP contribution in [0, 0.1) is 12.8 Å². The molecule has 9 atom stereocenters. The van der Waals surface area contributed by atoms with Crippen LogP contribution in [0.15, 0.2) is 40.5 Å². The molecule has 2 amide bonds. The first-order valence-corrected chi connectivity index (χ1v) is 14.3.